The van der Waals surface area contributed by atoms with Crippen molar-refractivity contribution in [3.05, 3.63) is 47.5 Å². The SMILES string of the molecule is C=C(CC(C)(C)C)C(NC(=O)c1ccc(CC)cc1)C(C)C. The lowest BCUT2D eigenvalue weighted by Crippen LogP contribution is -2.40. The Morgan fingerprint density at radius 1 is 1.18 bits per heavy atom. The normalized spacial score (nSPS) is 13.0. The Kier molecular flexibility index (Phi) is 6.40. The maximum absolute atomic E-state index is 12.5. The van der Waals surface area contributed by atoms with Gasteiger partial charge < -0.3 is 5.32 Å². The molecule has 0 saturated carbocycles. The van der Waals surface area contributed by atoms with Gasteiger partial charge in [0.05, 0.1) is 6.04 Å². The van der Waals surface area contributed by atoms with E-state index < -0.39 is 0 Å². The fraction of sp³-hybridized carbons (Fsp3) is 0.550. The molecule has 0 fully saturated rings. The molecule has 1 amide bonds. The lowest BCUT2D eigenvalue weighted by molar-refractivity contribution is 0.0932. The molecule has 0 aliphatic heterocycles. The summed E-state index contributed by atoms with van der Waals surface area (Å²) in [5, 5.41) is 3.15. The summed E-state index contributed by atoms with van der Waals surface area (Å²) in [5.74, 6) is 0.310. The molecule has 0 spiro atoms. The van der Waals surface area contributed by atoms with Gasteiger partial charge in [-0.15, -0.1) is 0 Å². The van der Waals surface area contributed by atoms with E-state index in [0.717, 1.165) is 18.4 Å². The van der Waals surface area contributed by atoms with Gasteiger partial charge in [0.15, 0.2) is 0 Å². The zero-order chi connectivity index (χ0) is 16.9. The maximum Gasteiger partial charge on any atom is 0.251 e. The van der Waals surface area contributed by atoms with Crippen molar-refractivity contribution in [3.63, 3.8) is 0 Å². The number of aryl methyl sites for hydroxylation is 1. The molecular formula is C20H31NO. The molecule has 1 rings (SSSR count). The van der Waals surface area contributed by atoms with Gasteiger partial charge in [-0.25, -0.2) is 0 Å². The van der Waals surface area contributed by atoms with E-state index in [1.807, 2.05) is 24.3 Å². The molecule has 0 bridgehead atoms. The van der Waals surface area contributed by atoms with Crippen molar-refractivity contribution in [1.29, 1.82) is 0 Å². The van der Waals surface area contributed by atoms with Crippen molar-refractivity contribution in [2.75, 3.05) is 0 Å². The number of nitrogens with one attached hydrogen (secondary N) is 1. The maximum atomic E-state index is 12.5. The average Bonchev–Trinajstić information content (AvgIpc) is 2.42. The first-order chi connectivity index (χ1) is 10.1. The average molecular weight is 301 g/mol. The Labute approximate surface area is 136 Å². The van der Waals surface area contributed by atoms with Crippen molar-refractivity contribution < 1.29 is 4.79 Å². The number of rotatable bonds is 6. The highest BCUT2D eigenvalue weighted by Gasteiger charge is 2.23. The third-order valence-corrected chi connectivity index (χ3v) is 3.77. The van der Waals surface area contributed by atoms with Crippen molar-refractivity contribution in [2.45, 2.75) is 60.4 Å². The van der Waals surface area contributed by atoms with Crippen LogP contribution in [0.25, 0.3) is 0 Å². The first-order valence-corrected chi connectivity index (χ1v) is 8.21. The van der Waals surface area contributed by atoms with E-state index in [-0.39, 0.29) is 17.4 Å². The largest absolute Gasteiger partial charge is 0.345 e. The minimum Gasteiger partial charge on any atom is -0.345 e. The molecule has 22 heavy (non-hydrogen) atoms. The molecule has 122 valence electrons. The molecule has 1 atom stereocenters. The fourth-order valence-electron chi connectivity index (χ4n) is 2.65. The Morgan fingerprint density at radius 3 is 2.14 bits per heavy atom. The molecule has 0 aliphatic rings. The second-order valence-corrected chi connectivity index (χ2v) is 7.64. The second kappa shape index (κ2) is 7.62. The highest BCUT2D eigenvalue weighted by molar-refractivity contribution is 5.94. The number of carbonyl (C=O) groups excluding carboxylic acids is 1. The third-order valence-electron chi connectivity index (χ3n) is 3.77. The lowest BCUT2D eigenvalue weighted by Gasteiger charge is -2.29. The monoisotopic (exact) mass is 301 g/mol. The van der Waals surface area contributed by atoms with Crippen LogP contribution in [0, 0.1) is 11.3 Å². The summed E-state index contributed by atoms with van der Waals surface area (Å²) in [4.78, 5) is 12.5. The van der Waals surface area contributed by atoms with Crippen LogP contribution in [0.5, 0.6) is 0 Å². The molecule has 1 N–H and O–H groups in total. The minimum absolute atomic E-state index is 0.0116. The molecule has 0 radical (unpaired) electrons. The van der Waals surface area contributed by atoms with Crippen LogP contribution in [0.4, 0.5) is 0 Å². The summed E-state index contributed by atoms with van der Waals surface area (Å²) in [6, 6.07) is 7.85. The van der Waals surface area contributed by atoms with E-state index in [4.69, 9.17) is 0 Å². The topological polar surface area (TPSA) is 29.1 Å². The number of benzene rings is 1. The quantitative estimate of drug-likeness (QED) is 0.736. The molecule has 0 heterocycles. The fourth-order valence-corrected chi connectivity index (χ4v) is 2.65. The Bertz CT molecular complexity index is 506. The highest BCUT2D eigenvalue weighted by atomic mass is 16.1. The minimum atomic E-state index is -0.0172. The van der Waals surface area contributed by atoms with Gasteiger partial charge in [0.25, 0.3) is 5.91 Å². The van der Waals surface area contributed by atoms with E-state index in [0.29, 0.717) is 11.5 Å². The second-order valence-electron chi connectivity index (χ2n) is 7.64. The molecule has 0 aliphatic carbocycles. The summed E-state index contributed by atoms with van der Waals surface area (Å²) < 4.78 is 0. The van der Waals surface area contributed by atoms with Crippen LogP contribution in [-0.2, 0) is 6.42 Å². The molecule has 2 nitrogen and oxygen atoms in total. The molecule has 2 heteroatoms. The first kappa shape index (κ1) is 18.5. The predicted octanol–water partition coefficient (Wildman–Crippen LogP) is 5.00. The van der Waals surface area contributed by atoms with Gasteiger partial charge >= 0.3 is 0 Å². The Morgan fingerprint density at radius 2 is 1.73 bits per heavy atom. The molecule has 1 aromatic rings. The van der Waals surface area contributed by atoms with Crippen LogP contribution < -0.4 is 5.32 Å². The Balaban J connectivity index is 2.81. The van der Waals surface area contributed by atoms with Crippen molar-refractivity contribution in [1.82, 2.24) is 5.32 Å². The van der Waals surface area contributed by atoms with Gasteiger partial charge in [0.1, 0.15) is 0 Å². The molecular weight excluding hydrogens is 270 g/mol. The van der Waals surface area contributed by atoms with Gasteiger partial charge in [0, 0.05) is 5.56 Å². The van der Waals surface area contributed by atoms with Crippen LogP contribution in [0.3, 0.4) is 0 Å². The number of carbonyl (C=O) groups is 1. The summed E-state index contributed by atoms with van der Waals surface area (Å²) in [7, 11) is 0. The predicted molar refractivity (Wildman–Crippen MR) is 95.1 cm³/mol. The summed E-state index contributed by atoms with van der Waals surface area (Å²) in [6.07, 6.45) is 1.89. The zero-order valence-electron chi connectivity index (χ0n) is 15.0. The van der Waals surface area contributed by atoms with E-state index >= 15 is 0 Å². The van der Waals surface area contributed by atoms with Gasteiger partial charge in [-0.2, -0.15) is 0 Å². The summed E-state index contributed by atoms with van der Waals surface area (Å²) >= 11 is 0. The van der Waals surface area contributed by atoms with Crippen LogP contribution in [0.1, 0.15) is 63.9 Å². The molecule has 0 aromatic heterocycles. The first-order valence-electron chi connectivity index (χ1n) is 8.21. The molecule has 1 unspecified atom stereocenters. The van der Waals surface area contributed by atoms with Crippen molar-refractivity contribution >= 4 is 5.91 Å². The number of amides is 1. The highest BCUT2D eigenvalue weighted by Crippen LogP contribution is 2.27. The van der Waals surface area contributed by atoms with E-state index in [1.54, 1.807) is 0 Å². The lowest BCUT2D eigenvalue weighted by atomic mass is 9.83. The van der Waals surface area contributed by atoms with Gasteiger partial charge in [-0.3, -0.25) is 4.79 Å². The molecule has 0 saturated heterocycles. The van der Waals surface area contributed by atoms with E-state index in [1.165, 1.54) is 5.56 Å². The van der Waals surface area contributed by atoms with Crippen LogP contribution in [0.2, 0.25) is 0 Å². The van der Waals surface area contributed by atoms with Crippen LogP contribution in [0.15, 0.2) is 36.4 Å². The summed E-state index contributed by atoms with van der Waals surface area (Å²) in [6.45, 7) is 17.2. The van der Waals surface area contributed by atoms with Gasteiger partial charge in [-0.1, -0.05) is 65.8 Å². The molecule has 1 aromatic carbocycles. The van der Waals surface area contributed by atoms with Crippen LogP contribution >= 0.6 is 0 Å². The van der Waals surface area contributed by atoms with Gasteiger partial charge in [-0.05, 0) is 41.9 Å². The van der Waals surface area contributed by atoms with E-state index in [2.05, 4.69) is 53.4 Å². The zero-order valence-corrected chi connectivity index (χ0v) is 15.0. The third kappa shape index (κ3) is 5.67. The van der Waals surface area contributed by atoms with Crippen molar-refractivity contribution in [3.8, 4) is 0 Å². The smallest absolute Gasteiger partial charge is 0.251 e. The summed E-state index contributed by atoms with van der Waals surface area (Å²) in [5.41, 5.74) is 3.24. The standard InChI is InChI=1S/C20H31NO/c1-8-16-9-11-17(12-10-16)19(22)21-18(14(2)3)15(4)13-20(5,6)7/h9-12,14,18H,4,8,13H2,1-3,5-7H3,(H,21,22). The van der Waals surface area contributed by atoms with Crippen molar-refractivity contribution in [2.24, 2.45) is 11.3 Å². The van der Waals surface area contributed by atoms with Crippen LogP contribution in [-0.4, -0.2) is 11.9 Å². The van der Waals surface area contributed by atoms with E-state index in [9.17, 15) is 4.79 Å². The number of hydrogen-bond acceptors (Lipinski definition) is 1. The van der Waals surface area contributed by atoms with Gasteiger partial charge in [0.2, 0.25) is 0 Å². The Hall–Kier alpha value is -1.57. The number of hydrogen-bond donors (Lipinski definition) is 1.